The molecule has 0 saturated heterocycles. The van der Waals surface area contributed by atoms with Gasteiger partial charge in [-0.1, -0.05) is 133 Å². The number of phenolic OH excluding ortho intramolecular Hbond substituents is 6. The van der Waals surface area contributed by atoms with Crippen LogP contribution in [0.5, 0.6) is 46.0 Å². The molecule has 322 valence electrons. The third-order valence-electron chi connectivity index (χ3n) is 14.7. The third-order valence-corrected chi connectivity index (χ3v) is 14.7. The van der Waals surface area contributed by atoms with Gasteiger partial charge in [-0.05, 0) is 123 Å². The van der Waals surface area contributed by atoms with Gasteiger partial charge in [0.15, 0.2) is 11.5 Å². The number of fused-ring (bicyclic) bond motifs is 14. The van der Waals surface area contributed by atoms with Crippen LogP contribution in [0, 0.1) is 0 Å². The first kappa shape index (κ1) is 41.0. The van der Waals surface area contributed by atoms with Crippen molar-refractivity contribution < 1.29 is 35.4 Å². The van der Waals surface area contributed by atoms with E-state index in [0.717, 1.165) is 77.2 Å². The number of ether oxygens (including phenoxy) is 1. The Kier molecular flexibility index (Phi) is 8.93. The van der Waals surface area contributed by atoms with Crippen LogP contribution in [-0.2, 0) is 5.41 Å². The molecule has 10 aromatic rings. The van der Waals surface area contributed by atoms with Gasteiger partial charge in [-0.25, -0.2) is 0 Å². The van der Waals surface area contributed by atoms with Crippen molar-refractivity contribution in [2.24, 2.45) is 0 Å². The minimum Gasteiger partial charge on any atom is -0.509 e. The standard InChI is InChI=1S/C57H40B4O7/c58-47-43(51(62)50(61)56(67)55(47)66)31-15-19-35-37(23-31)33-13-7-8-14-34(33)45-36-20-16-32(44-52(63)48(59)54(65)49(60)53(44)64)24-40(36)57(46(35)45)38-21-17-29(27-9-3-1-4-10-27)25-41(38)68-42-26-30(18-22-39(42)57)28-11-5-2-6-12-28/h1-26,62-67H,58-61H2. The number of aromatic hydroxyl groups is 6. The van der Waals surface area contributed by atoms with Crippen LogP contribution < -0.4 is 26.6 Å². The van der Waals surface area contributed by atoms with Crippen LogP contribution in [0.3, 0.4) is 0 Å². The first-order valence-corrected chi connectivity index (χ1v) is 22.6. The van der Waals surface area contributed by atoms with Crippen molar-refractivity contribution in [3.63, 3.8) is 0 Å². The maximum atomic E-state index is 11.8. The molecule has 0 amide bonds. The van der Waals surface area contributed by atoms with E-state index in [1.807, 2.05) is 60.7 Å². The first-order valence-electron chi connectivity index (χ1n) is 22.6. The van der Waals surface area contributed by atoms with Crippen LogP contribution in [0.25, 0.3) is 77.2 Å². The van der Waals surface area contributed by atoms with Crippen LogP contribution in [0.15, 0.2) is 158 Å². The molecule has 0 unspecified atom stereocenters. The highest BCUT2D eigenvalue weighted by atomic mass is 16.5. The van der Waals surface area contributed by atoms with Gasteiger partial charge in [0.2, 0.25) is 0 Å². The predicted octanol–water partition coefficient (Wildman–Crippen LogP) is 6.40. The van der Waals surface area contributed by atoms with Crippen molar-refractivity contribution in [3.8, 4) is 102 Å². The highest BCUT2D eigenvalue weighted by Crippen LogP contribution is 2.66. The van der Waals surface area contributed by atoms with Gasteiger partial charge in [-0.15, -0.1) is 0 Å². The number of phenols is 6. The van der Waals surface area contributed by atoms with E-state index in [2.05, 4.69) is 97.1 Å². The van der Waals surface area contributed by atoms with Crippen molar-refractivity contribution >= 4 is 74.8 Å². The molecule has 6 N–H and O–H groups in total. The minimum atomic E-state index is -1.07. The van der Waals surface area contributed by atoms with Gasteiger partial charge in [-0.2, -0.15) is 0 Å². The average molecular weight is 880 g/mol. The normalized spacial score (nSPS) is 12.9. The summed E-state index contributed by atoms with van der Waals surface area (Å²) in [5.74, 6) is 0.0156. The quantitative estimate of drug-likeness (QED) is 0.0523. The van der Waals surface area contributed by atoms with E-state index < -0.39 is 5.41 Å². The summed E-state index contributed by atoms with van der Waals surface area (Å²) in [5.41, 5.74) is 11.6. The molecule has 7 nitrogen and oxygen atoms in total. The summed E-state index contributed by atoms with van der Waals surface area (Å²) in [4.78, 5) is 0. The lowest BCUT2D eigenvalue weighted by molar-refractivity contribution is 0.405. The van der Waals surface area contributed by atoms with Crippen molar-refractivity contribution in [1.82, 2.24) is 0 Å². The Labute approximate surface area is 395 Å². The smallest absolute Gasteiger partial charge is 0.153 e. The van der Waals surface area contributed by atoms with E-state index in [0.29, 0.717) is 33.7 Å². The second kappa shape index (κ2) is 14.8. The number of hydrogen-bond donors (Lipinski definition) is 6. The minimum absolute atomic E-state index is 0.110. The summed E-state index contributed by atoms with van der Waals surface area (Å²) >= 11 is 0. The Morgan fingerprint density at radius 1 is 0.324 bits per heavy atom. The molecular weight excluding hydrogens is 840 g/mol. The van der Waals surface area contributed by atoms with E-state index >= 15 is 0 Å². The molecule has 10 aromatic carbocycles. The lowest BCUT2D eigenvalue weighted by atomic mass is 9.64. The summed E-state index contributed by atoms with van der Waals surface area (Å²) in [6.07, 6.45) is 0. The monoisotopic (exact) mass is 880 g/mol. The third kappa shape index (κ3) is 5.53. The molecule has 0 radical (unpaired) electrons. The van der Waals surface area contributed by atoms with Gasteiger partial charge in [0.25, 0.3) is 0 Å². The van der Waals surface area contributed by atoms with E-state index in [1.54, 1.807) is 31.4 Å². The molecule has 1 aliphatic carbocycles. The Balaban J connectivity index is 1.26. The zero-order valence-electron chi connectivity index (χ0n) is 37.6. The molecule has 11 heteroatoms. The van der Waals surface area contributed by atoms with Crippen molar-refractivity contribution in [3.05, 3.63) is 180 Å². The highest BCUT2D eigenvalue weighted by Gasteiger charge is 2.53. The Bertz CT molecular complexity index is 3690. The second-order valence-corrected chi connectivity index (χ2v) is 18.2. The SMILES string of the molecule is Bc1c(O)c(O)c(B)c(-c2ccc3c4c(c5ccccc5c3c2)-c2ccc(-c3c(O)c(B)c(O)c(B)c3O)cc2C42c3ccc(-c4ccccc4)cc3Oc3cc(-c4ccccc4)ccc32)c1O. The topological polar surface area (TPSA) is 131 Å². The largest absolute Gasteiger partial charge is 0.509 e. The van der Waals surface area contributed by atoms with E-state index in [4.69, 9.17) is 4.74 Å². The van der Waals surface area contributed by atoms with Crippen molar-refractivity contribution in [1.29, 1.82) is 0 Å². The Morgan fingerprint density at radius 2 is 0.809 bits per heavy atom. The molecule has 0 atom stereocenters. The van der Waals surface area contributed by atoms with Crippen molar-refractivity contribution in [2.45, 2.75) is 5.41 Å². The summed E-state index contributed by atoms with van der Waals surface area (Å²) in [5, 5.41) is 71.6. The van der Waals surface area contributed by atoms with Crippen molar-refractivity contribution in [2.75, 3.05) is 0 Å². The Hall–Kier alpha value is -8.42. The zero-order chi connectivity index (χ0) is 46.9. The lowest BCUT2D eigenvalue weighted by Crippen LogP contribution is -2.32. The summed E-state index contributed by atoms with van der Waals surface area (Å²) in [6.45, 7) is 0. The predicted molar refractivity (Wildman–Crippen MR) is 283 cm³/mol. The number of hydrogen-bond acceptors (Lipinski definition) is 7. The van der Waals surface area contributed by atoms with E-state index in [9.17, 15) is 30.6 Å². The summed E-state index contributed by atoms with van der Waals surface area (Å²) < 4.78 is 7.17. The molecule has 0 aromatic heterocycles. The van der Waals surface area contributed by atoms with E-state index in [1.165, 1.54) is 0 Å². The van der Waals surface area contributed by atoms with E-state index in [-0.39, 0.29) is 56.4 Å². The van der Waals surface area contributed by atoms with Gasteiger partial charge < -0.3 is 35.4 Å². The van der Waals surface area contributed by atoms with Crippen LogP contribution in [0.1, 0.15) is 22.3 Å². The van der Waals surface area contributed by atoms with Gasteiger partial charge in [0.1, 0.15) is 65.9 Å². The maximum absolute atomic E-state index is 11.8. The lowest BCUT2D eigenvalue weighted by Gasteiger charge is -2.40. The first-order chi connectivity index (χ1) is 32.9. The molecule has 0 fully saturated rings. The molecule has 2 aliphatic rings. The summed E-state index contributed by atoms with van der Waals surface area (Å²) in [7, 11) is 6.55. The molecule has 1 heterocycles. The fraction of sp³-hybridized carbons (Fsp3) is 0.0175. The fourth-order valence-electron chi connectivity index (χ4n) is 11.2. The number of benzene rings is 10. The molecule has 0 saturated carbocycles. The molecule has 1 aliphatic heterocycles. The molecule has 68 heavy (non-hydrogen) atoms. The molecule has 0 bridgehead atoms. The Morgan fingerprint density at radius 3 is 1.41 bits per heavy atom. The van der Waals surface area contributed by atoms with Gasteiger partial charge >= 0.3 is 0 Å². The highest BCUT2D eigenvalue weighted by molar-refractivity contribution is 6.45. The molecular formula is C57H40B4O7. The average Bonchev–Trinajstić information content (AvgIpc) is 3.67. The molecule has 12 rings (SSSR count). The van der Waals surface area contributed by atoms with Gasteiger partial charge in [0, 0.05) is 16.7 Å². The maximum Gasteiger partial charge on any atom is 0.153 e. The summed E-state index contributed by atoms with van der Waals surface area (Å²) in [6, 6.07) is 53.8. The fourth-order valence-corrected chi connectivity index (χ4v) is 11.2. The second-order valence-electron chi connectivity index (χ2n) is 18.2. The van der Waals surface area contributed by atoms with Crippen LogP contribution >= 0.6 is 0 Å². The van der Waals surface area contributed by atoms with Gasteiger partial charge in [-0.3, -0.25) is 0 Å². The van der Waals surface area contributed by atoms with Crippen LogP contribution in [-0.4, -0.2) is 62.0 Å². The van der Waals surface area contributed by atoms with Gasteiger partial charge in [0.05, 0.1) is 11.0 Å². The van der Waals surface area contributed by atoms with Crippen LogP contribution in [0.4, 0.5) is 0 Å². The zero-order valence-corrected chi connectivity index (χ0v) is 37.6. The molecule has 1 spiro atoms. The van der Waals surface area contributed by atoms with Crippen LogP contribution in [0.2, 0.25) is 0 Å². The number of rotatable bonds is 4.